The van der Waals surface area contributed by atoms with E-state index in [1.54, 1.807) is 11.6 Å². The number of hydrogen-bond acceptors (Lipinski definition) is 1. The maximum absolute atomic E-state index is 11.1. The monoisotopic (exact) mass is 188 g/mol. The van der Waals surface area contributed by atoms with E-state index in [2.05, 4.69) is 4.98 Å². The molecular formula is C11H12N2O. The molecular weight excluding hydrogens is 176 g/mol. The van der Waals surface area contributed by atoms with Crippen molar-refractivity contribution >= 4 is 0 Å². The molecule has 1 aromatic heterocycles. The molecule has 3 heteroatoms. The van der Waals surface area contributed by atoms with Crippen LogP contribution in [-0.2, 0) is 13.5 Å². The van der Waals surface area contributed by atoms with Crippen molar-refractivity contribution in [3.63, 3.8) is 0 Å². The summed E-state index contributed by atoms with van der Waals surface area (Å²) in [5.74, 6) is 0. The SMILES string of the molecule is Cn1cc(Cc2ccccc2)[nH]c1=O. The van der Waals surface area contributed by atoms with Gasteiger partial charge in [-0.15, -0.1) is 0 Å². The Hall–Kier alpha value is -1.77. The maximum Gasteiger partial charge on any atom is 0.325 e. The van der Waals surface area contributed by atoms with Crippen molar-refractivity contribution in [3.8, 4) is 0 Å². The molecule has 0 saturated carbocycles. The Morgan fingerprint density at radius 3 is 2.57 bits per heavy atom. The lowest BCUT2D eigenvalue weighted by Crippen LogP contribution is -2.11. The second-order valence-corrected chi connectivity index (χ2v) is 3.36. The van der Waals surface area contributed by atoms with Crippen molar-refractivity contribution in [2.45, 2.75) is 6.42 Å². The van der Waals surface area contributed by atoms with Crippen molar-refractivity contribution < 1.29 is 0 Å². The first kappa shape index (κ1) is 8.81. The second kappa shape index (κ2) is 3.54. The first-order valence-corrected chi connectivity index (χ1v) is 4.54. The molecule has 2 aromatic rings. The highest BCUT2D eigenvalue weighted by atomic mass is 16.1. The van der Waals surface area contributed by atoms with Crippen molar-refractivity contribution in [3.05, 3.63) is 58.3 Å². The summed E-state index contributed by atoms with van der Waals surface area (Å²) in [7, 11) is 1.74. The first-order valence-electron chi connectivity index (χ1n) is 4.54. The Morgan fingerprint density at radius 2 is 2.00 bits per heavy atom. The molecule has 2 rings (SSSR count). The summed E-state index contributed by atoms with van der Waals surface area (Å²) in [5, 5.41) is 0. The fourth-order valence-corrected chi connectivity index (χ4v) is 1.46. The minimum Gasteiger partial charge on any atom is -0.310 e. The van der Waals surface area contributed by atoms with E-state index in [-0.39, 0.29) is 5.69 Å². The van der Waals surface area contributed by atoms with E-state index in [1.165, 1.54) is 5.56 Å². The molecule has 0 saturated heterocycles. The van der Waals surface area contributed by atoms with Crippen LogP contribution in [0.2, 0.25) is 0 Å². The standard InChI is InChI=1S/C11H12N2O/c1-13-8-10(12-11(13)14)7-9-5-3-2-4-6-9/h2-6,8H,7H2,1H3,(H,12,14). The first-order chi connectivity index (χ1) is 6.75. The van der Waals surface area contributed by atoms with Gasteiger partial charge >= 0.3 is 5.69 Å². The van der Waals surface area contributed by atoms with E-state index in [0.717, 1.165) is 12.1 Å². The van der Waals surface area contributed by atoms with Gasteiger partial charge in [-0.05, 0) is 5.56 Å². The van der Waals surface area contributed by atoms with Gasteiger partial charge in [-0.2, -0.15) is 0 Å². The van der Waals surface area contributed by atoms with E-state index in [1.807, 2.05) is 36.5 Å². The maximum atomic E-state index is 11.1. The molecule has 0 aliphatic heterocycles. The van der Waals surface area contributed by atoms with E-state index in [9.17, 15) is 4.79 Å². The van der Waals surface area contributed by atoms with Gasteiger partial charge in [0.05, 0.1) is 0 Å². The van der Waals surface area contributed by atoms with Crippen LogP contribution in [0.1, 0.15) is 11.3 Å². The Labute approximate surface area is 82.0 Å². The normalized spacial score (nSPS) is 10.4. The van der Waals surface area contributed by atoms with Crippen molar-refractivity contribution in [1.82, 2.24) is 9.55 Å². The van der Waals surface area contributed by atoms with Crippen LogP contribution in [0.4, 0.5) is 0 Å². The van der Waals surface area contributed by atoms with Crippen molar-refractivity contribution in [2.24, 2.45) is 7.05 Å². The zero-order valence-corrected chi connectivity index (χ0v) is 8.03. The number of rotatable bonds is 2. The third-order valence-electron chi connectivity index (χ3n) is 2.17. The molecule has 1 N–H and O–H groups in total. The van der Waals surface area contributed by atoms with Crippen LogP contribution in [0.25, 0.3) is 0 Å². The second-order valence-electron chi connectivity index (χ2n) is 3.36. The highest BCUT2D eigenvalue weighted by Crippen LogP contribution is 2.04. The predicted octanol–water partition coefficient (Wildman–Crippen LogP) is 1.30. The number of nitrogens with one attached hydrogen (secondary N) is 1. The molecule has 0 unspecified atom stereocenters. The smallest absolute Gasteiger partial charge is 0.310 e. The van der Waals surface area contributed by atoms with E-state index in [0.29, 0.717) is 0 Å². The molecule has 0 aliphatic carbocycles. The molecule has 0 fully saturated rings. The van der Waals surface area contributed by atoms with E-state index >= 15 is 0 Å². The molecule has 0 spiro atoms. The average Bonchev–Trinajstić information content (AvgIpc) is 2.47. The quantitative estimate of drug-likeness (QED) is 0.758. The summed E-state index contributed by atoms with van der Waals surface area (Å²) in [6.45, 7) is 0. The molecule has 1 aromatic carbocycles. The summed E-state index contributed by atoms with van der Waals surface area (Å²) in [6, 6.07) is 10.1. The number of aromatic amines is 1. The van der Waals surface area contributed by atoms with Gasteiger partial charge in [-0.1, -0.05) is 30.3 Å². The van der Waals surface area contributed by atoms with Gasteiger partial charge in [0, 0.05) is 25.4 Å². The molecule has 0 bridgehead atoms. The van der Waals surface area contributed by atoms with Gasteiger partial charge in [0.1, 0.15) is 0 Å². The third-order valence-corrected chi connectivity index (χ3v) is 2.17. The number of hydrogen-bond donors (Lipinski definition) is 1. The number of aromatic nitrogens is 2. The van der Waals surface area contributed by atoms with Crippen LogP contribution in [0, 0.1) is 0 Å². The van der Waals surface area contributed by atoms with Crippen LogP contribution in [-0.4, -0.2) is 9.55 Å². The molecule has 0 amide bonds. The zero-order chi connectivity index (χ0) is 9.97. The third kappa shape index (κ3) is 1.76. The summed E-state index contributed by atoms with van der Waals surface area (Å²) in [6.07, 6.45) is 2.60. The summed E-state index contributed by atoms with van der Waals surface area (Å²) in [4.78, 5) is 13.9. The van der Waals surface area contributed by atoms with E-state index < -0.39 is 0 Å². The number of H-pyrrole nitrogens is 1. The minimum atomic E-state index is -0.0593. The summed E-state index contributed by atoms with van der Waals surface area (Å²) >= 11 is 0. The largest absolute Gasteiger partial charge is 0.325 e. The van der Waals surface area contributed by atoms with Crippen LogP contribution in [0.5, 0.6) is 0 Å². The Kier molecular flexibility index (Phi) is 2.23. The van der Waals surface area contributed by atoms with Gasteiger partial charge in [0.2, 0.25) is 0 Å². The van der Waals surface area contributed by atoms with Crippen molar-refractivity contribution in [2.75, 3.05) is 0 Å². The molecule has 14 heavy (non-hydrogen) atoms. The number of nitrogens with zero attached hydrogens (tertiary/aromatic N) is 1. The average molecular weight is 188 g/mol. The Balaban J connectivity index is 2.23. The minimum absolute atomic E-state index is 0.0593. The topological polar surface area (TPSA) is 37.8 Å². The van der Waals surface area contributed by atoms with E-state index in [4.69, 9.17) is 0 Å². The molecule has 0 aliphatic rings. The van der Waals surface area contributed by atoms with Crippen LogP contribution in [0.15, 0.2) is 41.3 Å². The Morgan fingerprint density at radius 1 is 1.29 bits per heavy atom. The van der Waals surface area contributed by atoms with Gasteiger partial charge in [0.15, 0.2) is 0 Å². The molecule has 1 heterocycles. The molecule has 3 nitrogen and oxygen atoms in total. The summed E-state index contributed by atoms with van der Waals surface area (Å²) in [5.41, 5.74) is 2.09. The van der Waals surface area contributed by atoms with Crippen LogP contribution < -0.4 is 5.69 Å². The fraction of sp³-hybridized carbons (Fsp3) is 0.182. The number of benzene rings is 1. The van der Waals surface area contributed by atoms with Crippen LogP contribution in [0.3, 0.4) is 0 Å². The molecule has 72 valence electrons. The lowest BCUT2D eigenvalue weighted by atomic mass is 10.1. The molecule has 0 atom stereocenters. The van der Waals surface area contributed by atoms with Gasteiger partial charge in [-0.25, -0.2) is 4.79 Å². The Bertz CT molecular complexity index is 468. The number of imidazole rings is 1. The zero-order valence-electron chi connectivity index (χ0n) is 8.03. The van der Waals surface area contributed by atoms with Crippen LogP contribution >= 0.6 is 0 Å². The van der Waals surface area contributed by atoms with Gasteiger partial charge in [-0.3, -0.25) is 0 Å². The predicted molar refractivity (Wildman–Crippen MR) is 55.3 cm³/mol. The number of aryl methyl sites for hydroxylation is 1. The summed E-state index contributed by atoms with van der Waals surface area (Å²) < 4.78 is 1.55. The lowest BCUT2D eigenvalue weighted by molar-refractivity contribution is 0.862. The fourth-order valence-electron chi connectivity index (χ4n) is 1.46. The lowest BCUT2D eigenvalue weighted by Gasteiger charge is -1.96. The van der Waals surface area contributed by atoms with Gasteiger partial charge in [0.25, 0.3) is 0 Å². The molecule has 0 radical (unpaired) electrons. The highest BCUT2D eigenvalue weighted by Gasteiger charge is 1.99. The highest BCUT2D eigenvalue weighted by molar-refractivity contribution is 5.20. The van der Waals surface area contributed by atoms with Crippen molar-refractivity contribution in [1.29, 1.82) is 0 Å². The van der Waals surface area contributed by atoms with Gasteiger partial charge < -0.3 is 9.55 Å².